The lowest BCUT2D eigenvalue weighted by atomic mass is 9.98. The highest BCUT2D eigenvalue weighted by Crippen LogP contribution is 2.25. The number of thiazole rings is 1. The fourth-order valence-electron chi connectivity index (χ4n) is 0.787. The Balaban J connectivity index is 3.00. The van der Waals surface area contributed by atoms with Crippen LogP contribution in [0.5, 0.6) is 0 Å². The third-order valence-corrected chi connectivity index (χ3v) is 2.78. The SMILES string of the molecule is CC(C)(C)c1nc(C(N)=NO)cs1. The van der Waals surface area contributed by atoms with Crippen LogP contribution in [-0.2, 0) is 5.41 Å². The summed E-state index contributed by atoms with van der Waals surface area (Å²) < 4.78 is 0. The van der Waals surface area contributed by atoms with Crippen LogP contribution in [0.25, 0.3) is 0 Å². The van der Waals surface area contributed by atoms with E-state index in [1.807, 2.05) is 0 Å². The van der Waals surface area contributed by atoms with Crippen LogP contribution in [0.2, 0.25) is 0 Å². The molecule has 0 fully saturated rings. The summed E-state index contributed by atoms with van der Waals surface area (Å²) >= 11 is 1.52. The van der Waals surface area contributed by atoms with Gasteiger partial charge in [0.25, 0.3) is 0 Å². The van der Waals surface area contributed by atoms with Gasteiger partial charge >= 0.3 is 0 Å². The highest BCUT2D eigenvalue weighted by atomic mass is 32.1. The average Bonchev–Trinajstić information content (AvgIpc) is 2.50. The molecular formula is C8H13N3OS. The number of nitrogens with two attached hydrogens (primary N) is 1. The van der Waals surface area contributed by atoms with Gasteiger partial charge in [-0.25, -0.2) is 4.98 Å². The molecule has 3 N–H and O–H groups in total. The normalized spacial score (nSPS) is 13.3. The molecule has 0 aliphatic heterocycles. The van der Waals surface area contributed by atoms with Crippen LogP contribution in [0.4, 0.5) is 0 Å². The van der Waals surface area contributed by atoms with Crippen LogP contribution in [0.15, 0.2) is 10.5 Å². The Hall–Kier alpha value is -1.10. The number of oxime groups is 1. The number of aromatic nitrogens is 1. The minimum Gasteiger partial charge on any atom is -0.409 e. The van der Waals surface area contributed by atoms with E-state index in [1.54, 1.807) is 5.38 Å². The van der Waals surface area contributed by atoms with Crippen molar-refractivity contribution in [2.45, 2.75) is 26.2 Å². The van der Waals surface area contributed by atoms with E-state index in [-0.39, 0.29) is 11.3 Å². The smallest absolute Gasteiger partial charge is 0.189 e. The lowest BCUT2D eigenvalue weighted by Gasteiger charge is -2.13. The van der Waals surface area contributed by atoms with Gasteiger partial charge in [-0.1, -0.05) is 25.9 Å². The van der Waals surface area contributed by atoms with Crippen molar-refractivity contribution in [3.63, 3.8) is 0 Å². The Morgan fingerprint density at radius 3 is 2.62 bits per heavy atom. The molecular weight excluding hydrogens is 186 g/mol. The molecule has 13 heavy (non-hydrogen) atoms. The van der Waals surface area contributed by atoms with E-state index >= 15 is 0 Å². The Kier molecular flexibility index (Phi) is 2.56. The molecule has 1 aromatic heterocycles. The molecule has 5 heteroatoms. The van der Waals surface area contributed by atoms with Crippen molar-refractivity contribution in [1.29, 1.82) is 0 Å². The average molecular weight is 199 g/mol. The molecule has 0 saturated heterocycles. The van der Waals surface area contributed by atoms with E-state index in [0.717, 1.165) is 5.01 Å². The minimum atomic E-state index is 0.0126. The first-order chi connectivity index (χ1) is 5.95. The summed E-state index contributed by atoms with van der Waals surface area (Å²) in [5.74, 6) is 0.0618. The molecule has 1 rings (SSSR count). The van der Waals surface area contributed by atoms with E-state index in [0.29, 0.717) is 5.69 Å². The largest absolute Gasteiger partial charge is 0.409 e. The third kappa shape index (κ3) is 2.18. The number of hydrogen-bond acceptors (Lipinski definition) is 4. The zero-order chi connectivity index (χ0) is 10.1. The Bertz CT molecular complexity index is 324. The molecule has 0 aliphatic carbocycles. The monoisotopic (exact) mass is 199 g/mol. The van der Waals surface area contributed by atoms with Gasteiger partial charge < -0.3 is 10.9 Å². The Morgan fingerprint density at radius 1 is 1.62 bits per heavy atom. The molecule has 0 aliphatic rings. The van der Waals surface area contributed by atoms with Crippen LogP contribution in [-0.4, -0.2) is 16.0 Å². The van der Waals surface area contributed by atoms with Gasteiger partial charge in [0.1, 0.15) is 5.69 Å². The fraction of sp³-hybridized carbons (Fsp3) is 0.500. The molecule has 0 radical (unpaired) electrons. The minimum absolute atomic E-state index is 0.0126. The molecule has 0 unspecified atom stereocenters. The number of nitrogens with zero attached hydrogens (tertiary/aromatic N) is 2. The number of rotatable bonds is 1. The molecule has 0 saturated carbocycles. The van der Waals surface area contributed by atoms with Crippen molar-refractivity contribution in [2.75, 3.05) is 0 Å². The van der Waals surface area contributed by atoms with Gasteiger partial charge in [0.15, 0.2) is 5.84 Å². The topological polar surface area (TPSA) is 71.5 Å². The van der Waals surface area contributed by atoms with Crippen molar-refractivity contribution in [3.05, 3.63) is 16.1 Å². The quantitative estimate of drug-likeness (QED) is 0.312. The Labute approximate surface area is 81.1 Å². The van der Waals surface area contributed by atoms with Gasteiger partial charge in [-0.15, -0.1) is 11.3 Å². The first kappa shape index (κ1) is 9.98. The third-order valence-electron chi connectivity index (χ3n) is 1.52. The van der Waals surface area contributed by atoms with Crippen molar-refractivity contribution in [2.24, 2.45) is 10.9 Å². The van der Waals surface area contributed by atoms with Gasteiger partial charge in [0.2, 0.25) is 0 Å². The van der Waals surface area contributed by atoms with Gasteiger partial charge in [-0.05, 0) is 0 Å². The molecule has 0 aromatic carbocycles. The van der Waals surface area contributed by atoms with Crippen molar-refractivity contribution in [1.82, 2.24) is 4.98 Å². The molecule has 0 atom stereocenters. The number of hydrogen-bond donors (Lipinski definition) is 2. The highest BCUT2D eigenvalue weighted by molar-refractivity contribution is 7.10. The van der Waals surface area contributed by atoms with Crippen LogP contribution in [0.1, 0.15) is 31.5 Å². The summed E-state index contributed by atoms with van der Waals surface area (Å²) in [7, 11) is 0. The highest BCUT2D eigenvalue weighted by Gasteiger charge is 2.18. The van der Waals surface area contributed by atoms with Crippen molar-refractivity contribution < 1.29 is 5.21 Å². The van der Waals surface area contributed by atoms with Crippen LogP contribution < -0.4 is 5.73 Å². The standard InChI is InChI=1S/C8H13N3OS/c1-8(2,3)7-10-5(4-13-7)6(9)11-12/h4,12H,1-3H3,(H2,9,11). The predicted octanol–water partition coefficient (Wildman–Crippen LogP) is 1.54. The van der Waals surface area contributed by atoms with E-state index in [4.69, 9.17) is 10.9 Å². The molecule has 1 heterocycles. The molecule has 1 aromatic rings. The first-order valence-electron chi connectivity index (χ1n) is 3.89. The summed E-state index contributed by atoms with van der Waals surface area (Å²) in [6.45, 7) is 6.21. The van der Waals surface area contributed by atoms with Crippen molar-refractivity contribution >= 4 is 17.2 Å². The lowest BCUT2D eigenvalue weighted by molar-refractivity contribution is 0.318. The maximum absolute atomic E-state index is 8.43. The summed E-state index contributed by atoms with van der Waals surface area (Å²) in [5, 5.41) is 14.1. The molecule has 4 nitrogen and oxygen atoms in total. The zero-order valence-corrected chi connectivity index (χ0v) is 8.72. The van der Waals surface area contributed by atoms with E-state index in [9.17, 15) is 0 Å². The molecule has 0 bridgehead atoms. The van der Waals surface area contributed by atoms with Gasteiger partial charge in [-0.2, -0.15) is 0 Å². The van der Waals surface area contributed by atoms with E-state index in [1.165, 1.54) is 11.3 Å². The molecule has 0 spiro atoms. The fourth-order valence-corrected chi connectivity index (χ4v) is 1.69. The second kappa shape index (κ2) is 3.33. The van der Waals surface area contributed by atoms with Gasteiger partial charge in [-0.3, -0.25) is 0 Å². The Morgan fingerprint density at radius 2 is 2.23 bits per heavy atom. The van der Waals surface area contributed by atoms with Crippen molar-refractivity contribution in [3.8, 4) is 0 Å². The predicted molar refractivity (Wildman–Crippen MR) is 53.3 cm³/mol. The maximum atomic E-state index is 8.43. The first-order valence-corrected chi connectivity index (χ1v) is 4.77. The van der Waals surface area contributed by atoms with E-state index in [2.05, 4.69) is 30.9 Å². The number of amidine groups is 1. The second-order valence-corrected chi connectivity index (χ2v) is 4.63. The summed E-state index contributed by atoms with van der Waals surface area (Å²) in [4.78, 5) is 4.26. The molecule has 72 valence electrons. The maximum Gasteiger partial charge on any atom is 0.189 e. The van der Waals surface area contributed by atoms with Crippen LogP contribution >= 0.6 is 11.3 Å². The zero-order valence-electron chi connectivity index (χ0n) is 7.90. The van der Waals surface area contributed by atoms with Crippen LogP contribution in [0.3, 0.4) is 0 Å². The summed E-state index contributed by atoms with van der Waals surface area (Å²) in [5.41, 5.74) is 5.95. The summed E-state index contributed by atoms with van der Waals surface area (Å²) in [6.07, 6.45) is 0. The molecule has 0 amide bonds. The van der Waals surface area contributed by atoms with Crippen LogP contribution in [0, 0.1) is 0 Å². The van der Waals surface area contributed by atoms with Gasteiger partial charge in [0, 0.05) is 10.8 Å². The lowest BCUT2D eigenvalue weighted by Crippen LogP contribution is -2.15. The summed E-state index contributed by atoms with van der Waals surface area (Å²) in [6, 6.07) is 0. The second-order valence-electron chi connectivity index (χ2n) is 3.77. The van der Waals surface area contributed by atoms with Gasteiger partial charge in [0.05, 0.1) is 5.01 Å². The van der Waals surface area contributed by atoms with E-state index < -0.39 is 0 Å².